The molecule has 4 heteroatoms. The zero-order valence-electron chi connectivity index (χ0n) is 9.57. The van der Waals surface area contributed by atoms with Gasteiger partial charge >= 0.3 is 0 Å². The third kappa shape index (κ3) is 3.80. The lowest BCUT2D eigenvalue weighted by atomic mass is 9.95. The SMILES string of the molecule is CC(C)C(CN)C(=O)NCC(O)C1CC1. The van der Waals surface area contributed by atoms with E-state index < -0.39 is 0 Å². The van der Waals surface area contributed by atoms with Gasteiger partial charge < -0.3 is 16.2 Å². The van der Waals surface area contributed by atoms with Gasteiger partial charge in [0.25, 0.3) is 0 Å². The Balaban J connectivity index is 2.26. The van der Waals surface area contributed by atoms with Gasteiger partial charge in [-0.25, -0.2) is 0 Å². The molecule has 0 aliphatic heterocycles. The van der Waals surface area contributed by atoms with E-state index in [1.54, 1.807) is 0 Å². The zero-order chi connectivity index (χ0) is 11.4. The summed E-state index contributed by atoms with van der Waals surface area (Å²) in [6.07, 6.45) is 1.79. The third-order valence-electron chi connectivity index (χ3n) is 3.05. The van der Waals surface area contributed by atoms with E-state index in [0.29, 0.717) is 19.0 Å². The molecule has 0 radical (unpaired) electrons. The van der Waals surface area contributed by atoms with Crippen LogP contribution in [0.1, 0.15) is 26.7 Å². The Morgan fingerprint density at radius 3 is 2.53 bits per heavy atom. The summed E-state index contributed by atoms with van der Waals surface area (Å²) in [5.74, 6) is 0.470. The molecule has 2 atom stereocenters. The summed E-state index contributed by atoms with van der Waals surface area (Å²) in [5.41, 5.74) is 5.53. The van der Waals surface area contributed by atoms with Crippen LogP contribution in [-0.2, 0) is 4.79 Å². The first-order chi connectivity index (χ1) is 7.06. The maximum Gasteiger partial charge on any atom is 0.224 e. The van der Waals surface area contributed by atoms with Crippen molar-refractivity contribution in [3.8, 4) is 0 Å². The highest BCUT2D eigenvalue weighted by atomic mass is 16.3. The number of nitrogens with one attached hydrogen (secondary N) is 1. The lowest BCUT2D eigenvalue weighted by molar-refractivity contribution is -0.126. The van der Waals surface area contributed by atoms with Crippen LogP contribution < -0.4 is 11.1 Å². The quantitative estimate of drug-likeness (QED) is 0.587. The molecule has 0 spiro atoms. The Bertz CT molecular complexity index is 215. The molecule has 2 unspecified atom stereocenters. The highest BCUT2D eigenvalue weighted by Crippen LogP contribution is 2.32. The maximum absolute atomic E-state index is 11.7. The summed E-state index contributed by atoms with van der Waals surface area (Å²) in [5, 5.41) is 12.4. The van der Waals surface area contributed by atoms with E-state index in [2.05, 4.69) is 5.32 Å². The number of carbonyl (C=O) groups is 1. The minimum absolute atomic E-state index is 0.0350. The predicted molar refractivity (Wildman–Crippen MR) is 59.1 cm³/mol. The fraction of sp³-hybridized carbons (Fsp3) is 0.909. The van der Waals surface area contributed by atoms with Crippen LogP contribution >= 0.6 is 0 Å². The van der Waals surface area contributed by atoms with Gasteiger partial charge in [-0.2, -0.15) is 0 Å². The summed E-state index contributed by atoms with van der Waals surface area (Å²) >= 11 is 0. The van der Waals surface area contributed by atoms with Crippen molar-refractivity contribution in [3.05, 3.63) is 0 Å². The van der Waals surface area contributed by atoms with Crippen molar-refractivity contribution in [1.29, 1.82) is 0 Å². The van der Waals surface area contributed by atoms with E-state index in [9.17, 15) is 9.90 Å². The van der Waals surface area contributed by atoms with Crippen molar-refractivity contribution in [1.82, 2.24) is 5.32 Å². The monoisotopic (exact) mass is 214 g/mol. The van der Waals surface area contributed by atoms with Gasteiger partial charge in [-0.1, -0.05) is 13.8 Å². The van der Waals surface area contributed by atoms with Crippen LogP contribution in [0.15, 0.2) is 0 Å². The molecular weight excluding hydrogens is 192 g/mol. The summed E-state index contributed by atoms with van der Waals surface area (Å²) < 4.78 is 0. The van der Waals surface area contributed by atoms with E-state index in [4.69, 9.17) is 5.73 Å². The van der Waals surface area contributed by atoms with E-state index >= 15 is 0 Å². The van der Waals surface area contributed by atoms with Crippen LogP contribution in [0.25, 0.3) is 0 Å². The molecule has 0 aromatic heterocycles. The summed E-state index contributed by atoms with van der Waals surface area (Å²) in [6.45, 7) is 4.69. The number of hydrogen-bond acceptors (Lipinski definition) is 3. The maximum atomic E-state index is 11.7. The molecule has 0 heterocycles. The lowest BCUT2D eigenvalue weighted by Gasteiger charge is -2.19. The highest BCUT2D eigenvalue weighted by molar-refractivity contribution is 5.79. The number of aliphatic hydroxyl groups excluding tert-OH is 1. The first-order valence-electron chi connectivity index (χ1n) is 5.72. The molecule has 1 aliphatic rings. The van der Waals surface area contributed by atoms with Gasteiger partial charge in [0.05, 0.1) is 12.0 Å². The molecule has 0 aromatic carbocycles. The molecule has 1 fully saturated rings. The first-order valence-corrected chi connectivity index (χ1v) is 5.72. The number of hydrogen-bond donors (Lipinski definition) is 3. The van der Waals surface area contributed by atoms with Gasteiger partial charge in [-0.3, -0.25) is 4.79 Å². The molecule has 1 aliphatic carbocycles. The molecule has 1 amide bonds. The minimum atomic E-state index is -0.375. The van der Waals surface area contributed by atoms with Crippen molar-refractivity contribution in [2.24, 2.45) is 23.5 Å². The fourth-order valence-corrected chi connectivity index (χ4v) is 1.67. The van der Waals surface area contributed by atoms with E-state index in [1.165, 1.54) is 0 Å². The van der Waals surface area contributed by atoms with E-state index in [1.807, 2.05) is 13.8 Å². The van der Waals surface area contributed by atoms with Crippen molar-refractivity contribution in [2.45, 2.75) is 32.8 Å². The van der Waals surface area contributed by atoms with Crippen LogP contribution in [0.4, 0.5) is 0 Å². The number of rotatable bonds is 6. The average Bonchev–Trinajstić information content (AvgIpc) is 2.97. The summed E-state index contributed by atoms with van der Waals surface area (Å²) in [7, 11) is 0. The van der Waals surface area contributed by atoms with Crippen LogP contribution in [0, 0.1) is 17.8 Å². The molecule has 1 saturated carbocycles. The molecule has 4 N–H and O–H groups in total. The van der Waals surface area contributed by atoms with Gasteiger partial charge in [-0.05, 0) is 24.7 Å². The zero-order valence-corrected chi connectivity index (χ0v) is 9.57. The van der Waals surface area contributed by atoms with Crippen LogP contribution in [0.2, 0.25) is 0 Å². The van der Waals surface area contributed by atoms with E-state index in [0.717, 1.165) is 12.8 Å². The second-order valence-corrected chi connectivity index (χ2v) is 4.74. The second kappa shape index (κ2) is 5.47. The fourth-order valence-electron chi connectivity index (χ4n) is 1.67. The Kier molecular flexibility index (Phi) is 4.54. The minimum Gasteiger partial charge on any atom is -0.391 e. The molecular formula is C11H22N2O2. The van der Waals surface area contributed by atoms with Crippen LogP contribution in [0.5, 0.6) is 0 Å². The molecule has 1 rings (SSSR count). The molecule has 88 valence electrons. The summed E-state index contributed by atoms with van der Waals surface area (Å²) in [4.78, 5) is 11.7. The molecule has 0 aromatic rings. The van der Waals surface area contributed by atoms with E-state index in [-0.39, 0.29) is 23.8 Å². The van der Waals surface area contributed by atoms with Crippen molar-refractivity contribution >= 4 is 5.91 Å². The number of carbonyl (C=O) groups excluding carboxylic acids is 1. The third-order valence-corrected chi connectivity index (χ3v) is 3.05. The number of nitrogens with two attached hydrogens (primary N) is 1. The number of aliphatic hydroxyl groups is 1. The predicted octanol–water partition coefficient (Wildman–Crippen LogP) is 0.104. The average molecular weight is 214 g/mol. The molecule has 0 bridgehead atoms. The normalized spacial score (nSPS) is 20.1. The Morgan fingerprint density at radius 1 is 1.53 bits per heavy atom. The van der Waals surface area contributed by atoms with Gasteiger partial charge in [0.1, 0.15) is 0 Å². The summed E-state index contributed by atoms with van der Waals surface area (Å²) in [6, 6.07) is 0. The van der Waals surface area contributed by atoms with Gasteiger partial charge in [-0.15, -0.1) is 0 Å². The molecule has 0 saturated heterocycles. The van der Waals surface area contributed by atoms with Crippen molar-refractivity contribution in [2.75, 3.05) is 13.1 Å². The second-order valence-electron chi connectivity index (χ2n) is 4.74. The standard InChI is InChI=1S/C11H22N2O2/c1-7(2)9(5-12)11(15)13-6-10(14)8-3-4-8/h7-10,14H,3-6,12H2,1-2H3,(H,13,15). The molecule has 4 nitrogen and oxygen atoms in total. The smallest absolute Gasteiger partial charge is 0.224 e. The Labute approximate surface area is 91.2 Å². The number of amides is 1. The first kappa shape index (κ1) is 12.5. The Morgan fingerprint density at radius 2 is 2.13 bits per heavy atom. The topological polar surface area (TPSA) is 75.4 Å². The largest absolute Gasteiger partial charge is 0.391 e. The van der Waals surface area contributed by atoms with Crippen molar-refractivity contribution in [3.63, 3.8) is 0 Å². The van der Waals surface area contributed by atoms with Crippen LogP contribution in [-0.4, -0.2) is 30.2 Å². The van der Waals surface area contributed by atoms with Gasteiger partial charge in [0, 0.05) is 13.1 Å². The Hall–Kier alpha value is -0.610. The van der Waals surface area contributed by atoms with Crippen molar-refractivity contribution < 1.29 is 9.90 Å². The lowest BCUT2D eigenvalue weighted by Crippen LogP contribution is -2.41. The molecule has 15 heavy (non-hydrogen) atoms. The van der Waals surface area contributed by atoms with Gasteiger partial charge in [0.2, 0.25) is 5.91 Å². The highest BCUT2D eigenvalue weighted by Gasteiger charge is 2.30. The van der Waals surface area contributed by atoms with Crippen LogP contribution in [0.3, 0.4) is 0 Å². The van der Waals surface area contributed by atoms with Gasteiger partial charge in [0.15, 0.2) is 0 Å².